The average molecular weight is 418 g/mol. The topological polar surface area (TPSA) is 87.7 Å². The van der Waals surface area contributed by atoms with Crippen LogP contribution in [0, 0.1) is 5.92 Å². The quantitative estimate of drug-likeness (QED) is 0.713. The second kappa shape index (κ2) is 10.5. The number of carbonyl (C=O) groups is 3. The maximum absolute atomic E-state index is 13.0. The molecule has 0 radical (unpaired) electrons. The van der Waals surface area contributed by atoms with Crippen LogP contribution in [-0.2, 0) is 20.9 Å². The normalized spacial score (nSPS) is 17.5. The summed E-state index contributed by atoms with van der Waals surface area (Å²) in [5, 5.41) is 5.78. The summed E-state index contributed by atoms with van der Waals surface area (Å²) >= 11 is 0. The van der Waals surface area contributed by atoms with Crippen LogP contribution in [-0.4, -0.2) is 47.0 Å². The lowest BCUT2D eigenvalue weighted by atomic mass is 10.0. The van der Waals surface area contributed by atoms with E-state index in [-0.39, 0.29) is 17.7 Å². The Labute approximate surface area is 179 Å². The molecule has 2 N–H and O–H groups in total. The van der Waals surface area contributed by atoms with Crippen LogP contribution in [0.3, 0.4) is 0 Å². The highest BCUT2D eigenvalue weighted by atomic mass is 16.6. The lowest BCUT2D eigenvalue weighted by Crippen LogP contribution is -2.53. The molecule has 0 saturated carbocycles. The molecular weight excluding hydrogens is 382 g/mol. The summed E-state index contributed by atoms with van der Waals surface area (Å²) in [6, 6.07) is 8.37. The van der Waals surface area contributed by atoms with Gasteiger partial charge in [0.05, 0.1) is 0 Å². The molecule has 30 heavy (non-hydrogen) atoms. The smallest absolute Gasteiger partial charge is 0.410 e. The zero-order valence-electron chi connectivity index (χ0n) is 18.7. The van der Waals surface area contributed by atoms with Gasteiger partial charge in [0.2, 0.25) is 11.8 Å². The lowest BCUT2D eigenvalue weighted by Gasteiger charge is -2.29. The van der Waals surface area contributed by atoms with Gasteiger partial charge in [0.1, 0.15) is 17.7 Å². The minimum absolute atomic E-state index is 0.220. The van der Waals surface area contributed by atoms with Gasteiger partial charge in [-0.05, 0) is 51.5 Å². The molecule has 1 aliphatic heterocycles. The van der Waals surface area contributed by atoms with E-state index >= 15 is 0 Å². The molecule has 1 fully saturated rings. The molecule has 1 aliphatic rings. The monoisotopic (exact) mass is 417 g/mol. The number of likely N-dealkylation sites (tertiary alicyclic amines) is 1. The number of hydrogen-bond donors (Lipinski definition) is 2. The molecule has 166 valence electrons. The average Bonchev–Trinajstić information content (AvgIpc) is 3.15. The van der Waals surface area contributed by atoms with Gasteiger partial charge in [-0.25, -0.2) is 4.79 Å². The fraction of sp³-hybridized carbons (Fsp3) is 0.609. The number of carbonyl (C=O) groups excluding carboxylic acids is 3. The first-order valence-electron chi connectivity index (χ1n) is 10.7. The second-order valence-electron chi connectivity index (χ2n) is 9.23. The maximum atomic E-state index is 13.0. The predicted molar refractivity (Wildman–Crippen MR) is 116 cm³/mol. The van der Waals surface area contributed by atoms with Crippen molar-refractivity contribution in [2.75, 3.05) is 6.54 Å². The molecule has 0 aromatic heterocycles. The largest absolute Gasteiger partial charge is 0.444 e. The van der Waals surface area contributed by atoms with Crippen molar-refractivity contribution < 1.29 is 19.1 Å². The van der Waals surface area contributed by atoms with Gasteiger partial charge >= 0.3 is 6.09 Å². The van der Waals surface area contributed by atoms with Gasteiger partial charge < -0.3 is 15.4 Å². The van der Waals surface area contributed by atoms with Crippen molar-refractivity contribution in [2.45, 2.75) is 78.1 Å². The summed E-state index contributed by atoms with van der Waals surface area (Å²) in [6.45, 7) is 10.3. The Hall–Kier alpha value is -2.57. The first-order chi connectivity index (χ1) is 14.1. The van der Waals surface area contributed by atoms with E-state index in [0.717, 1.165) is 12.0 Å². The molecule has 1 saturated heterocycles. The number of nitrogens with one attached hydrogen (secondary N) is 2. The molecule has 0 bridgehead atoms. The molecule has 0 aliphatic carbocycles. The number of hydrogen-bond acceptors (Lipinski definition) is 4. The van der Waals surface area contributed by atoms with Crippen molar-refractivity contribution >= 4 is 17.9 Å². The van der Waals surface area contributed by atoms with Crippen LogP contribution < -0.4 is 10.6 Å². The third-order valence-electron chi connectivity index (χ3n) is 4.83. The molecule has 0 unspecified atom stereocenters. The Morgan fingerprint density at radius 3 is 2.43 bits per heavy atom. The molecule has 7 heteroatoms. The molecule has 2 atom stereocenters. The number of rotatable bonds is 7. The van der Waals surface area contributed by atoms with E-state index in [2.05, 4.69) is 10.6 Å². The van der Waals surface area contributed by atoms with E-state index in [9.17, 15) is 14.4 Å². The Kier molecular flexibility index (Phi) is 8.26. The van der Waals surface area contributed by atoms with Crippen molar-refractivity contribution in [1.82, 2.24) is 15.5 Å². The highest BCUT2D eigenvalue weighted by Gasteiger charge is 2.38. The fourth-order valence-corrected chi connectivity index (χ4v) is 3.46. The Balaban J connectivity index is 2.01. The van der Waals surface area contributed by atoms with Gasteiger partial charge in [0.15, 0.2) is 0 Å². The number of ether oxygens (including phenoxy) is 1. The summed E-state index contributed by atoms with van der Waals surface area (Å²) in [5.74, 6) is -0.301. The first-order valence-corrected chi connectivity index (χ1v) is 10.7. The minimum atomic E-state index is -0.651. The highest BCUT2D eigenvalue weighted by Crippen LogP contribution is 2.21. The van der Waals surface area contributed by atoms with E-state index in [4.69, 9.17) is 4.74 Å². The maximum Gasteiger partial charge on any atom is 0.410 e. The van der Waals surface area contributed by atoms with Gasteiger partial charge in [0, 0.05) is 13.1 Å². The van der Waals surface area contributed by atoms with Crippen LogP contribution in [0.4, 0.5) is 4.79 Å². The second-order valence-corrected chi connectivity index (χ2v) is 9.23. The Morgan fingerprint density at radius 2 is 1.83 bits per heavy atom. The molecular formula is C23H35N3O4. The zero-order chi connectivity index (χ0) is 22.3. The molecule has 7 nitrogen and oxygen atoms in total. The molecule has 3 amide bonds. The number of benzene rings is 1. The van der Waals surface area contributed by atoms with Crippen LogP contribution in [0.15, 0.2) is 30.3 Å². The first kappa shape index (κ1) is 23.7. The van der Waals surface area contributed by atoms with E-state index in [1.165, 1.54) is 4.90 Å². The summed E-state index contributed by atoms with van der Waals surface area (Å²) < 4.78 is 5.43. The van der Waals surface area contributed by atoms with Gasteiger partial charge in [-0.1, -0.05) is 44.2 Å². The third-order valence-corrected chi connectivity index (χ3v) is 4.83. The summed E-state index contributed by atoms with van der Waals surface area (Å²) in [6.07, 6.45) is 1.32. The predicted octanol–water partition coefficient (Wildman–Crippen LogP) is 3.23. The van der Waals surface area contributed by atoms with Crippen molar-refractivity contribution in [3.8, 4) is 0 Å². The van der Waals surface area contributed by atoms with E-state index in [1.807, 2.05) is 44.2 Å². The Bertz CT molecular complexity index is 728. The third kappa shape index (κ3) is 7.35. The van der Waals surface area contributed by atoms with Gasteiger partial charge in [-0.3, -0.25) is 14.5 Å². The minimum Gasteiger partial charge on any atom is -0.444 e. The number of amides is 3. The van der Waals surface area contributed by atoms with E-state index in [1.54, 1.807) is 20.8 Å². The summed E-state index contributed by atoms with van der Waals surface area (Å²) in [4.78, 5) is 39.7. The van der Waals surface area contributed by atoms with Gasteiger partial charge in [-0.2, -0.15) is 0 Å². The van der Waals surface area contributed by atoms with Crippen LogP contribution in [0.25, 0.3) is 0 Å². The van der Waals surface area contributed by atoms with Crippen LogP contribution in [0.5, 0.6) is 0 Å². The highest BCUT2D eigenvalue weighted by molar-refractivity contribution is 5.91. The van der Waals surface area contributed by atoms with E-state index < -0.39 is 23.8 Å². The lowest BCUT2D eigenvalue weighted by molar-refractivity contribution is -0.131. The molecule has 1 aromatic carbocycles. The van der Waals surface area contributed by atoms with Crippen molar-refractivity contribution in [3.05, 3.63) is 35.9 Å². The molecule has 1 heterocycles. The van der Waals surface area contributed by atoms with E-state index in [0.29, 0.717) is 25.9 Å². The number of nitrogens with zero attached hydrogens (tertiary/aromatic N) is 1. The zero-order valence-corrected chi connectivity index (χ0v) is 18.7. The fourth-order valence-electron chi connectivity index (χ4n) is 3.46. The standard InChI is InChI=1S/C23H35N3O4/c1-16(2)14-18(20(27)24-15-17-10-7-6-8-11-17)25-21(28)19-12-9-13-26(19)22(29)30-23(3,4)5/h6-8,10-11,16,18-19H,9,12-15H2,1-5H3,(H,24,27)(H,25,28)/t18-,19-/m0/s1. The molecule has 1 aromatic rings. The van der Waals surface area contributed by atoms with Crippen LogP contribution >= 0.6 is 0 Å². The Morgan fingerprint density at radius 1 is 1.17 bits per heavy atom. The SMILES string of the molecule is CC(C)C[C@H](NC(=O)[C@@H]1CCCN1C(=O)OC(C)(C)C)C(=O)NCc1ccccc1. The summed E-state index contributed by atoms with van der Waals surface area (Å²) in [5.41, 5.74) is 0.366. The van der Waals surface area contributed by atoms with Crippen LogP contribution in [0.1, 0.15) is 59.4 Å². The van der Waals surface area contributed by atoms with Gasteiger partial charge in [-0.15, -0.1) is 0 Å². The molecule has 2 rings (SSSR count). The molecule has 0 spiro atoms. The van der Waals surface area contributed by atoms with Crippen LogP contribution in [0.2, 0.25) is 0 Å². The van der Waals surface area contributed by atoms with Gasteiger partial charge in [0.25, 0.3) is 0 Å². The summed E-state index contributed by atoms with van der Waals surface area (Å²) in [7, 11) is 0. The van der Waals surface area contributed by atoms with Crippen molar-refractivity contribution in [3.63, 3.8) is 0 Å². The van der Waals surface area contributed by atoms with Crippen molar-refractivity contribution in [2.24, 2.45) is 5.92 Å². The van der Waals surface area contributed by atoms with Crippen molar-refractivity contribution in [1.29, 1.82) is 0 Å².